The number of hydrogen-bond acceptors (Lipinski definition) is 4. The van der Waals surface area contributed by atoms with Crippen LogP contribution in [0, 0.1) is 0 Å². The molecule has 1 heterocycles. The van der Waals surface area contributed by atoms with Gasteiger partial charge in [0, 0.05) is 22.4 Å². The first kappa shape index (κ1) is 11.1. The van der Waals surface area contributed by atoms with Crippen LogP contribution in [-0.4, -0.2) is 23.2 Å². The molecule has 1 aromatic heterocycles. The Morgan fingerprint density at radius 1 is 1.71 bits per heavy atom. The molecule has 4 nitrogen and oxygen atoms in total. The van der Waals surface area contributed by atoms with Gasteiger partial charge in [0.2, 0.25) is 0 Å². The van der Waals surface area contributed by atoms with Crippen molar-refractivity contribution in [2.75, 3.05) is 7.11 Å². The van der Waals surface area contributed by atoms with E-state index in [9.17, 15) is 9.90 Å². The first-order valence-electron chi connectivity index (χ1n) is 3.99. The largest absolute Gasteiger partial charge is 0.469 e. The van der Waals surface area contributed by atoms with E-state index in [2.05, 4.69) is 25.7 Å². The summed E-state index contributed by atoms with van der Waals surface area (Å²) in [4.78, 5) is 14.7. The number of methoxy groups -OCH3 is 1. The van der Waals surface area contributed by atoms with E-state index in [4.69, 9.17) is 0 Å². The average Bonchev–Trinajstić information content (AvgIpc) is 2.17. The number of carbonyl (C=O) groups excluding carboxylic acids is 1. The van der Waals surface area contributed by atoms with Gasteiger partial charge in [-0.15, -0.1) is 0 Å². The molecule has 0 bridgehead atoms. The molecule has 0 aliphatic rings. The van der Waals surface area contributed by atoms with E-state index < -0.39 is 12.1 Å². The highest BCUT2D eigenvalue weighted by Gasteiger charge is 2.13. The Kier molecular flexibility index (Phi) is 4.03. The predicted molar refractivity (Wildman–Crippen MR) is 53.5 cm³/mol. The smallest absolute Gasteiger partial charge is 0.308 e. The van der Waals surface area contributed by atoms with Gasteiger partial charge in [-0.1, -0.05) is 0 Å². The molecule has 0 spiro atoms. The summed E-state index contributed by atoms with van der Waals surface area (Å²) in [5, 5.41) is 9.58. The maximum absolute atomic E-state index is 10.9. The van der Waals surface area contributed by atoms with Gasteiger partial charge in [0.15, 0.2) is 0 Å². The van der Waals surface area contributed by atoms with Gasteiger partial charge in [-0.3, -0.25) is 9.78 Å². The van der Waals surface area contributed by atoms with Crippen molar-refractivity contribution in [3.63, 3.8) is 0 Å². The van der Waals surface area contributed by atoms with Crippen molar-refractivity contribution in [1.29, 1.82) is 0 Å². The zero-order chi connectivity index (χ0) is 10.6. The standard InChI is InChI=1S/C9H10BrNO3/c1-14-9(13)3-8(12)6-2-7(10)5-11-4-6/h2,4-5,8,12H,3H2,1H3/t8-/m0/s1. The summed E-state index contributed by atoms with van der Waals surface area (Å²) in [5.74, 6) is -0.447. The van der Waals surface area contributed by atoms with Crippen LogP contribution in [0.1, 0.15) is 18.1 Å². The molecular weight excluding hydrogens is 250 g/mol. The highest BCUT2D eigenvalue weighted by Crippen LogP contribution is 2.19. The Morgan fingerprint density at radius 3 is 3.00 bits per heavy atom. The fraction of sp³-hybridized carbons (Fsp3) is 0.333. The number of esters is 1. The first-order chi connectivity index (χ1) is 6.63. The Balaban J connectivity index is 2.69. The molecular formula is C9H10BrNO3. The van der Waals surface area contributed by atoms with Crippen LogP contribution in [0.2, 0.25) is 0 Å². The lowest BCUT2D eigenvalue weighted by Crippen LogP contribution is -2.08. The van der Waals surface area contributed by atoms with E-state index >= 15 is 0 Å². The van der Waals surface area contributed by atoms with Gasteiger partial charge < -0.3 is 9.84 Å². The number of aliphatic hydroxyl groups is 1. The molecule has 0 radical (unpaired) electrons. The van der Waals surface area contributed by atoms with Gasteiger partial charge in [-0.25, -0.2) is 0 Å². The van der Waals surface area contributed by atoms with Crippen molar-refractivity contribution in [3.05, 3.63) is 28.5 Å². The first-order valence-corrected chi connectivity index (χ1v) is 4.78. The third kappa shape index (κ3) is 3.08. The summed E-state index contributed by atoms with van der Waals surface area (Å²) in [6.45, 7) is 0. The molecule has 1 aromatic rings. The number of carbonyl (C=O) groups is 1. The van der Waals surface area contributed by atoms with Crippen LogP contribution in [0.25, 0.3) is 0 Å². The van der Waals surface area contributed by atoms with E-state index in [0.717, 1.165) is 4.47 Å². The Labute approximate surface area is 90.0 Å². The molecule has 76 valence electrons. The minimum atomic E-state index is -0.868. The highest BCUT2D eigenvalue weighted by molar-refractivity contribution is 9.10. The molecule has 0 unspecified atom stereocenters. The highest BCUT2D eigenvalue weighted by atomic mass is 79.9. The zero-order valence-electron chi connectivity index (χ0n) is 7.61. The van der Waals surface area contributed by atoms with Crippen LogP contribution >= 0.6 is 15.9 Å². The van der Waals surface area contributed by atoms with Crippen LogP contribution in [0.4, 0.5) is 0 Å². The van der Waals surface area contributed by atoms with Crippen LogP contribution < -0.4 is 0 Å². The molecule has 0 saturated carbocycles. The topological polar surface area (TPSA) is 59.4 Å². The van der Waals surface area contributed by atoms with Crippen molar-refractivity contribution < 1.29 is 14.6 Å². The van der Waals surface area contributed by atoms with E-state index in [1.54, 1.807) is 12.3 Å². The molecule has 0 fully saturated rings. The normalized spacial score (nSPS) is 12.2. The molecule has 0 aromatic carbocycles. The zero-order valence-corrected chi connectivity index (χ0v) is 9.19. The molecule has 14 heavy (non-hydrogen) atoms. The van der Waals surface area contributed by atoms with Crippen molar-refractivity contribution in [2.24, 2.45) is 0 Å². The molecule has 1 atom stereocenters. The van der Waals surface area contributed by atoms with E-state index in [0.29, 0.717) is 5.56 Å². The number of aromatic nitrogens is 1. The van der Waals surface area contributed by atoms with Gasteiger partial charge in [0.1, 0.15) is 0 Å². The predicted octanol–water partition coefficient (Wildman–Crippen LogP) is 1.44. The Hall–Kier alpha value is -0.940. The molecule has 0 saturated heterocycles. The summed E-state index contributed by atoms with van der Waals surface area (Å²) in [5.41, 5.74) is 0.588. The second-order valence-corrected chi connectivity index (χ2v) is 3.65. The van der Waals surface area contributed by atoms with Gasteiger partial charge in [-0.2, -0.15) is 0 Å². The molecule has 1 N–H and O–H groups in total. The summed E-state index contributed by atoms with van der Waals surface area (Å²) >= 11 is 3.22. The SMILES string of the molecule is COC(=O)C[C@H](O)c1cncc(Br)c1. The third-order valence-corrected chi connectivity index (χ3v) is 2.13. The molecule has 0 amide bonds. The van der Waals surface area contributed by atoms with Crippen LogP contribution in [0.15, 0.2) is 22.9 Å². The van der Waals surface area contributed by atoms with Gasteiger partial charge in [0.05, 0.1) is 19.6 Å². The van der Waals surface area contributed by atoms with Gasteiger partial charge in [0.25, 0.3) is 0 Å². The number of ether oxygens (including phenoxy) is 1. The third-order valence-electron chi connectivity index (χ3n) is 1.70. The number of hydrogen-bond donors (Lipinski definition) is 1. The number of halogens is 1. The summed E-state index contributed by atoms with van der Waals surface area (Å²) < 4.78 is 5.20. The monoisotopic (exact) mass is 259 g/mol. The lowest BCUT2D eigenvalue weighted by atomic mass is 10.1. The van der Waals surface area contributed by atoms with Crippen LogP contribution in [0.5, 0.6) is 0 Å². The van der Waals surface area contributed by atoms with E-state index in [1.807, 2.05) is 0 Å². The number of pyridine rings is 1. The summed E-state index contributed by atoms with van der Waals surface area (Å²) in [6.07, 6.45) is 2.19. The Morgan fingerprint density at radius 2 is 2.43 bits per heavy atom. The average molecular weight is 260 g/mol. The summed E-state index contributed by atoms with van der Waals surface area (Å²) in [6, 6.07) is 1.71. The van der Waals surface area contributed by atoms with E-state index in [1.165, 1.54) is 13.3 Å². The van der Waals surface area contributed by atoms with Crippen molar-refractivity contribution in [1.82, 2.24) is 4.98 Å². The quantitative estimate of drug-likeness (QED) is 0.835. The van der Waals surface area contributed by atoms with Gasteiger partial charge >= 0.3 is 5.97 Å². The fourth-order valence-electron chi connectivity index (χ4n) is 0.970. The number of rotatable bonds is 3. The molecule has 0 aliphatic carbocycles. The minimum Gasteiger partial charge on any atom is -0.469 e. The molecule has 1 rings (SSSR count). The second kappa shape index (κ2) is 5.07. The fourth-order valence-corrected chi connectivity index (χ4v) is 1.35. The maximum Gasteiger partial charge on any atom is 0.308 e. The van der Waals surface area contributed by atoms with E-state index in [-0.39, 0.29) is 6.42 Å². The number of aliphatic hydroxyl groups excluding tert-OH is 1. The van der Waals surface area contributed by atoms with Gasteiger partial charge in [-0.05, 0) is 22.0 Å². The van der Waals surface area contributed by atoms with Crippen molar-refractivity contribution in [2.45, 2.75) is 12.5 Å². The van der Waals surface area contributed by atoms with Crippen molar-refractivity contribution >= 4 is 21.9 Å². The lowest BCUT2D eigenvalue weighted by molar-refractivity contribution is -0.142. The molecule has 0 aliphatic heterocycles. The van der Waals surface area contributed by atoms with Crippen LogP contribution in [0.3, 0.4) is 0 Å². The van der Waals surface area contributed by atoms with Crippen molar-refractivity contribution in [3.8, 4) is 0 Å². The molecule has 5 heteroatoms. The van der Waals surface area contributed by atoms with Crippen LogP contribution in [-0.2, 0) is 9.53 Å². The summed E-state index contributed by atoms with van der Waals surface area (Å²) in [7, 11) is 1.29. The number of nitrogens with zero attached hydrogens (tertiary/aromatic N) is 1. The minimum absolute atomic E-state index is 0.0609. The Bertz CT molecular complexity index is 330. The second-order valence-electron chi connectivity index (χ2n) is 2.73. The maximum atomic E-state index is 10.9. The lowest BCUT2D eigenvalue weighted by Gasteiger charge is -2.08.